The zero-order valence-corrected chi connectivity index (χ0v) is 20.9. The number of nitrogens with zero attached hydrogens (tertiary/aromatic N) is 4. The summed E-state index contributed by atoms with van der Waals surface area (Å²) >= 11 is 6.06. The number of amides is 1. The summed E-state index contributed by atoms with van der Waals surface area (Å²) in [5.41, 5.74) is 3.53. The van der Waals surface area contributed by atoms with Gasteiger partial charge in [-0.2, -0.15) is 5.17 Å². The Labute approximate surface area is 206 Å². The summed E-state index contributed by atoms with van der Waals surface area (Å²) in [5, 5.41) is 17.9. The van der Waals surface area contributed by atoms with Gasteiger partial charge in [0.25, 0.3) is 0 Å². The highest BCUT2D eigenvalue weighted by molar-refractivity contribution is 6.30. The van der Waals surface area contributed by atoms with Gasteiger partial charge in [-0.25, -0.2) is 0 Å². The maximum absolute atomic E-state index is 12.2. The van der Waals surface area contributed by atoms with Gasteiger partial charge in [0, 0.05) is 47.5 Å². The molecule has 0 bridgehead atoms. The van der Waals surface area contributed by atoms with Crippen LogP contribution in [0.2, 0.25) is 5.02 Å². The van der Waals surface area contributed by atoms with Crippen molar-refractivity contribution in [2.45, 2.75) is 46.1 Å². The molecule has 1 amide bonds. The normalized spacial score (nSPS) is 18.6. The number of likely N-dealkylation sites (tertiary alicyclic amines) is 1. The van der Waals surface area contributed by atoms with Gasteiger partial charge in [-0.15, -0.1) is 0 Å². The van der Waals surface area contributed by atoms with E-state index in [9.17, 15) is 10.0 Å². The van der Waals surface area contributed by atoms with Crippen LogP contribution >= 0.6 is 11.6 Å². The number of hydrogen-bond acceptors (Lipinski definition) is 6. The highest BCUT2D eigenvalue weighted by atomic mass is 35.5. The average Bonchev–Trinajstić information content (AvgIpc) is 3.24. The zero-order valence-electron chi connectivity index (χ0n) is 20.2. The van der Waals surface area contributed by atoms with Gasteiger partial charge in [0.2, 0.25) is 5.91 Å². The molecule has 182 valence electrons. The Morgan fingerprint density at radius 3 is 2.74 bits per heavy atom. The van der Waals surface area contributed by atoms with Gasteiger partial charge in [0.1, 0.15) is 5.69 Å². The van der Waals surface area contributed by atoms with Crippen LogP contribution in [0.4, 0.5) is 5.69 Å². The summed E-state index contributed by atoms with van der Waals surface area (Å²) in [4.78, 5) is 18.8. The molecule has 1 atom stereocenters. The van der Waals surface area contributed by atoms with Crippen molar-refractivity contribution in [1.29, 1.82) is 0 Å². The van der Waals surface area contributed by atoms with E-state index < -0.39 is 0 Å². The molecule has 3 heterocycles. The predicted molar refractivity (Wildman–Crippen MR) is 135 cm³/mol. The van der Waals surface area contributed by atoms with Gasteiger partial charge in [-0.05, 0) is 55.1 Å². The monoisotopic (exact) mass is 483 g/mol. The van der Waals surface area contributed by atoms with Crippen molar-refractivity contribution in [2.24, 2.45) is 5.41 Å². The minimum atomic E-state index is -0.387. The topological polar surface area (TPSA) is 71.9 Å². The molecule has 2 aromatic rings. The van der Waals surface area contributed by atoms with E-state index in [1.807, 2.05) is 62.3 Å². The van der Waals surface area contributed by atoms with Crippen LogP contribution in [0.3, 0.4) is 0 Å². The third-order valence-electron chi connectivity index (χ3n) is 6.48. The first-order chi connectivity index (χ1) is 16.2. The Balaban J connectivity index is 1.46. The molecule has 0 spiro atoms. The molecule has 1 fully saturated rings. The summed E-state index contributed by atoms with van der Waals surface area (Å²) in [6.45, 7) is 8.84. The first-order valence-corrected chi connectivity index (χ1v) is 12.3. The molecular weight excluding hydrogens is 450 g/mol. The standard InChI is InChI=1S/C26H34ClN5O2/c1-26(2,3)25(33)29-12-14-30-13-4-5-22(30)18-31-17-20(15-19-6-8-21(27)9-7-19)23-10-11-28-16-24(23)32(31)34/h6-11,16-17,22,34H,4-5,12-15,18H2,1-3H3,(H,29,33)/t22-/m1/s1. The summed E-state index contributed by atoms with van der Waals surface area (Å²) < 4.78 is 0. The Morgan fingerprint density at radius 1 is 1.24 bits per heavy atom. The fourth-order valence-corrected chi connectivity index (χ4v) is 4.67. The lowest BCUT2D eigenvalue weighted by molar-refractivity contribution is -0.128. The van der Waals surface area contributed by atoms with Crippen LogP contribution in [0.25, 0.3) is 5.57 Å². The number of hydrogen-bond donors (Lipinski definition) is 2. The lowest BCUT2D eigenvalue weighted by Crippen LogP contribution is -2.48. The van der Waals surface area contributed by atoms with Crippen LogP contribution in [-0.4, -0.2) is 58.2 Å². The number of anilines is 1. The summed E-state index contributed by atoms with van der Waals surface area (Å²) in [6, 6.07) is 10.1. The van der Waals surface area contributed by atoms with Crippen LogP contribution in [0.5, 0.6) is 0 Å². The van der Waals surface area contributed by atoms with Crippen LogP contribution in [0.1, 0.15) is 44.7 Å². The van der Waals surface area contributed by atoms with Crippen molar-refractivity contribution >= 4 is 28.8 Å². The van der Waals surface area contributed by atoms with Crippen molar-refractivity contribution in [2.75, 3.05) is 31.4 Å². The number of aromatic nitrogens is 1. The molecule has 34 heavy (non-hydrogen) atoms. The minimum absolute atomic E-state index is 0.0692. The minimum Gasteiger partial charge on any atom is -0.354 e. The highest BCUT2D eigenvalue weighted by Crippen LogP contribution is 2.34. The van der Waals surface area contributed by atoms with Gasteiger partial charge >= 0.3 is 0 Å². The number of rotatable bonds is 7. The van der Waals surface area contributed by atoms with Crippen LogP contribution < -0.4 is 10.5 Å². The van der Waals surface area contributed by atoms with Crippen molar-refractivity contribution in [3.63, 3.8) is 0 Å². The molecule has 0 saturated carbocycles. The van der Waals surface area contributed by atoms with Gasteiger partial charge < -0.3 is 5.32 Å². The fourth-order valence-electron chi connectivity index (χ4n) is 4.54. The van der Waals surface area contributed by atoms with Gasteiger partial charge in [-0.1, -0.05) is 44.5 Å². The number of pyridine rings is 1. The number of benzene rings is 1. The predicted octanol–water partition coefficient (Wildman–Crippen LogP) is 4.37. The van der Waals surface area contributed by atoms with E-state index in [2.05, 4.69) is 15.2 Å². The Morgan fingerprint density at radius 2 is 2.00 bits per heavy atom. The number of nitrogens with one attached hydrogen (secondary N) is 1. The average molecular weight is 484 g/mol. The van der Waals surface area contributed by atoms with Gasteiger partial charge in [-0.3, -0.25) is 24.9 Å². The SMILES string of the molecule is CC(C)(C)C(=O)NCCN1CCC[C@@H]1CN1C=C(Cc2ccc(Cl)cc2)c2ccncc2N1O. The van der Waals surface area contributed by atoms with E-state index in [1.54, 1.807) is 12.4 Å². The first kappa shape index (κ1) is 24.5. The van der Waals surface area contributed by atoms with E-state index in [4.69, 9.17) is 11.6 Å². The van der Waals surface area contributed by atoms with Crippen molar-refractivity contribution < 1.29 is 10.0 Å². The number of halogens is 1. The van der Waals surface area contributed by atoms with Crippen LogP contribution in [0.15, 0.2) is 48.9 Å². The lowest BCUT2D eigenvalue weighted by atomic mass is 9.96. The number of fused-ring (bicyclic) bond motifs is 1. The summed E-state index contributed by atoms with van der Waals surface area (Å²) in [6.07, 6.45) is 8.38. The molecule has 8 heteroatoms. The molecular formula is C26H34ClN5O2. The Bertz CT molecular complexity index is 1030. The van der Waals surface area contributed by atoms with E-state index in [0.717, 1.165) is 49.1 Å². The largest absolute Gasteiger partial charge is 0.354 e. The zero-order chi connectivity index (χ0) is 24.3. The number of carbonyl (C=O) groups is 1. The van der Waals surface area contributed by atoms with Gasteiger partial charge in [0.15, 0.2) is 0 Å². The molecule has 2 N–H and O–H groups in total. The molecule has 1 aromatic carbocycles. The van der Waals surface area contributed by atoms with Crippen molar-refractivity contribution in [3.8, 4) is 0 Å². The van der Waals surface area contributed by atoms with Crippen molar-refractivity contribution in [3.05, 3.63) is 65.1 Å². The Hall–Kier alpha value is -2.61. The third-order valence-corrected chi connectivity index (χ3v) is 6.73. The van der Waals surface area contributed by atoms with Crippen LogP contribution in [0, 0.1) is 5.41 Å². The number of allylic oxidation sites excluding steroid dienone is 1. The van der Waals surface area contributed by atoms with E-state index in [1.165, 1.54) is 5.17 Å². The third kappa shape index (κ3) is 5.71. The molecule has 2 aliphatic heterocycles. The number of carbonyl (C=O) groups excluding carboxylic acids is 1. The van der Waals surface area contributed by atoms with E-state index in [-0.39, 0.29) is 17.4 Å². The maximum atomic E-state index is 12.2. The van der Waals surface area contributed by atoms with Crippen molar-refractivity contribution in [1.82, 2.24) is 20.2 Å². The maximum Gasteiger partial charge on any atom is 0.225 e. The lowest BCUT2D eigenvalue weighted by Gasteiger charge is -2.39. The second-order valence-corrected chi connectivity index (χ2v) is 10.5. The highest BCUT2D eigenvalue weighted by Gasteiger charge is 2.31. The summed E-state index contributed by atoms with van der Waals surface area (Å²) in [7, 11) is 0. The fraction of sp³-hybridized carbons (Fsp3) is 0.462. The number of hydrazine groups is 1. The first-order valence-electron chi connectivity index (χ1n) is 11.9. The quantitative estimate of drug-likeness (QED) is 0.609. The Kier molecular flexibility index (Phi) is 7.45. The molecule has 1 aromatic heterocycles. The van der Waals surface area contributed by atoms with E-state index >= 15 is 0 Å². The molecule has 0 radical (unpaired) electrons. The molecule has 2 aliphatic rings. The molecule has 4 rings (SSSR count). The van der Waals surface area contributed by atoms with Crippen LogP contribution in [-0.2, 0) is 11.2 Å². The molecule has 7 nitrogen and oxygen atoms in total. The van der Waals surface area contributed by atoms with E-state index in [0.29, 0.717) is 23.8 Å². The van der Waals surface area contributed by atoms with Gasteiger partial charge in [0.05, 0.1) is 12.7 Å². The smallest absolute Gasteiger partial charge is 0.225 e. The molecule has 0 unspecified atom stereocenters. The second-order valence-electron chi connectivity index (χ2n) is 10.1. The molecule has 1 saturated heterocycles. The second kappa shape index (κ2) is 10.3. The summed E-state index contributed by atoms with van der Waals surface area (Å²) in [5.74, 6) is 0.0692. The molecule has 0 aliphatic carbocycles.